The normalized spacial score (nSPS) is 17.5. The fraction of sp³-hybridized carbons (Fsp3) is 0.500. The zero-order valence-electron chi connectivity index (χ0n) is 8.76. The van der Waals surface area contributed by atoms with Gasteiger partial charge in [0.2, 0.25) is 0 Å². The van der Waals surface area contributed by atoms with Crippen LogP contribution in [0.15, 0.2) is 22.7 Å². The first-order valence-electron chi connectivity index (χ1n) is 5.37. The minimum absolute atomic E-state index is 0.210. The van der Waals surface area contributed by atoms with Gasteiger partial charge >= 0.3 is 0 Å². The highest BCUT2D eigenvalue weighted by molar-refractivity contribution is 9.10. The molecule has 0 aromatic heterocycles. The lowest BCUT2D eigenvalue weighted by atomic mass is 10.1. The molecule has 1 aromatic rings. The van der Waals surface area contributed by atoms with Gasteiger partial charge in [0.25, 0.3) is 0 Å². The van der Waals surface area contributed by atoms with Crippen LogP contribution in [0, 0.1) is 11.7 Å². The number of anilines is 1. The zero-order chi connectivity index (χ0) is 10.8. The van der Waals surface area contributed by atoms with Gasteiger partial charge in [0.15, 0.2) is 0 Å². The minimum Gasteiger partial charge on any atom is -0.382 e. The van der Waals surface area contributed by atoms with Gasteiger partial charge in [-0.15, -0.1) is 0 Å². The van der Waals surface area contributed by atoms with Crippen molar-refractivity contribution in [3.05, 3.63) is 28.5 Å². The van der Waals surface area contributed by atoms with E-state index in [-0.39, 0.29) is 5.82 Å². The molecule has 1 aliphatic rings. The molecule has 1 fully saturated rings. The lowest BCUT2D eigenvalue weighted by Gasteiger charge is -2.14. The molecular formula is C12H15BrFN. The summed E-state index contributed by atoms with van der Waals surface area (Å²) in [4.78, 5) is 0. The van der Waals surface area contributed by atoms with E-state index in [4.69, 9.17) is 0 Å². The van der Waals surface area contributed by atoms with Crippen LogP contribution >= 0.6 is 15.9 Å². The molecule has 1 nitrogen and oxygen atoms in total. The van der Waals surface area contributed by atoms with Crippen LogP contribution in [0.1, 0.15) is 26.2 Å². The van der Waals surface area contributed by atoms with Crippen molar-refractivity contribution in [2.24, 2.45) is 5.92 Å². The average molecular weight is 272 g/mol. The monoisotopic (exact) mass is 271 g/mol. The summed E-state index contributed by atoms with van der Waals surface area (Å²) in [6, 6.07) is 5.60. The Bertz CT molecular complexity index is 349. The quantitative estimate of drug-likeness (QED) is 0.866. The summed E-state index contributed by atoms with van der Waals surface area (Å²) < 4.78 is 13.7. The third kappa shape index (κ3) is 3.20. The Kier molecular flexibility index (Phi) is 3.29. The lowest BCUT2D eigenvalue weighted by molar-refractivity contribution is 0.618. The Morgan fingerprint density at radius 3 is 2.87 bits per heavy atom. The fourth-order valence-corrected chi connectivity index (χ4v) is 2.03. The van der Waals surface area contributed by atoms with Crippen LogP contribution in [0.3, 0.4) is 0 Å². The number of hydrogen-bond donors (Lipinski definition) is 1. The molecule has 15 heavy (non-hydrogen) atoms. The van der Waals surface area contributed by atoms with E-state index in [1.54, 1.807) is 6.07 Å². The van der Waals surface area contributed by atoms with Crippen molar-refractivity contribution in [2.45, 2.75) is 32.2 Å². The topological polar surface area (TPSA) is 12.0 Å². The second-order valence-corrected chi connectivity index (χ2v) is 5.21. The molecule has 3 heteroatoms. The Hall–Kier alpha value is -0.570. The van der Waals surface area contributed by atoms with E-state index in [1.807, 2.05) is 6.07 Å². The van der Waals surface area contributed by atoms with Gasteiger partial charge in [-0.2, -0.15) is 0 Å². The summed E-state index contributed by atoms with van der Waals surface area (Å²) in [5.41, 5.74) is 0.865. The predicted molar refractivity (Wildman–Crippen MR) is 64.5 cm³/mol. The third-order valence-electron chi connectivity index (χ3n) is 2.72. The maximum absolute atomic E-state index is 13.2. The zero-order valence-corrected chi connectivity index (χ0v) is 10.3. The van der Waals surface area contributed by atoms with Crippen LogP contribution in [-0.2, 0) is 0 Å². The van der Waals surface area contributed by atoms with Crippen molar-refractivity contribution in [3.8, 4) is 0 Å². The van der Waals surface area contributed by atoms with Crippen molar-refractivity contribution < 1.29 is 4.39 Å². The molecule has 1 unspecified atom stereocenters. The first kappa shape index (κ1) is 10.9. The van der Waals surface area contributed by atoms with Crippen LogP contribution in [0.5, 0.6) is 0 Å². The molecule has 0 amide bonds. The van der Waals surface area contributed by atoms with Crippen LogP contribution in [0.4, 0.5) is 10.1 Å². The summed E-state index contributed by atoms with van der Waals surface area (Å²) in [5, 5.41) is 3.32. The number of halogens is 2. The number of benzene rings is 1. The summed E-state index contributed by atoms with van der Waals surface area (Å²) >= 11 is 3.14. The van der Waals surface area contributed by atoms with Gasteiger partial charge < -0.3 is 5.32 Å². The van der Waals surface area contributed by atoms with E-state index in [1.165, 1.54) is 25.3 Å². The first-order valence-corrected chi connectivity index (χ1v) is 6.16. The second-order valence-electron chi connectivity index (χ2n) is 4.35. The summed E-state index contributed by atoms with van der Waals surface area (Å²) in [7, 11) is 0. The SMILES string of the molecule is CC(CC1CC1)Nc1ccc(Br)c(F)c1. The van der Waals surface area contributed by atoms with Gasteiger partial charge in [-0.3, -0.25) is 0 Å². The van der Waals surface area contributed by atoms with Crippen LogP contribution in [0.2, 0.25) is 0 Å². The van der Waals surface area contributed by atoms with E-state index in [0.29, 0.717) is 10.5 Å². The molecule has 0 spiro atoms. The summed E-state index contributed by atoms with van der Waals surface area (Å²) in [6.45, 7) is 2.15. The van der Waals surface area contributed by atoms with Gasteiger partial charge in [-0.1, -0.05) is 12.8 Å². The minimum atomic E-state index is -0.210. The van der Waals surface area contributed by atoms with Crippen LogP contribution < -0.4 is 5.32 Å². The molecule has 1 aliphatic carbocycles. The molecule has 1 atom stereocenters. The van der Waals surface area contributed by atoms with Crippen LogP contribution in [0.25, 0.3) is 0 Å². The molecule has 82 valence electrons. The van der Waals surface area contributed by atoms with Crippen molar-refractivity contribution in [2.75, 3.05) is 5.32 Å². The Labute approximate surface area is 98.2 Å². The third-order valence-corrected chi connectivity index (χ3v) is 3.36. The summed E-state index contributed by atoms with van der Waals surface area (Å²) in [5.74, 6) is 0.686. The molecule has 1 saturated carbocycles. The van der Waals surface area contributed by atoms with E-state index < -0.39 is 0 Å². The molecule has 1 N–H and O–H groups in total. The van der Waals surface area contributed by atoms with E-state index in [0.717, 1.165) is 11.6 Å². The predicted octanol–water partition coefficient (Wildman–Crippen LogP) is 4.19. The van der Waals surface area contributed by atoms with E-state index >= 15 is 0 Å². The molecule has 2 rings (SSSR count). The van der Waals surface area contributed by atoms with E-state index in [9.17, 15) is 4.39 Å². The molecule has 0 saturated heterocycles. The second kappa shape index (κ2) is 4.52. The highest BCUT2D eigenvalue weighted by Crippen LogP contribution is 2.34. The van der Waals surface area contributed by atoms with Crippen molar-refractivity contribution >= 4 is 21.6 Å². The fourth-order valence-electron chi connectivity index (χ4n) is 1.78. The number of nitrogens with one attached hydrogen (secondary N) is 1. The molecule has 0 radical (unpaired) electrons. The van der Waals surface area contributed by atoms with E-state index in [2.05, 4.69) is 28.2 Å². The Balaban J connectivity index is 1.93. The average Bonchev–Trinajstić information content (AvgIpc) is 2.95. The van der Waals surface area contributed by atoms with Gasteiger partial charge in [0.1, 0.15) is 5.82 Å². The first-order chi connectivity index (χ1) is 7.15. The van der Waals surface area contributed by atoms with Crippen LogP contribution in [-0.4, -0.2) is 6.04 Å². The molecular weight excluding hydrogens is 257 g/mol. The number of hydrogen-bond acceptors (Lipinski definition) is 1. The largest absolute Gasteiger partial charge is 0.382 e. The van der Waals surface area contributed by atoms with Gasteiger partial charge in [-0.25, -0.2) is 4.39 Å². The van der Waals surface area contributed by atoms with Gasteiger partial charge in [0, 0.05) is 11.7 Å². The highest BCUT2D eigenvalue weighted by atomic mass is 79.9. The summed E-state index contributed by atoms with van der Waals surface area (Å²) in [6.07, 6.45) is 3.92. The van der Waals surface area contributed by atoms with Gasteiger partial charge in [0.05, 0.1) is 4.47 Å². The Morgan fingerprint density at radius 1 is 1.53 bits per heavy atom. The van der Waals surface area contributed by atoms with Crippen molar-refractivity contribution in [1.29, 1.82) is 0 Å². The lowest BCUT2D eigenvalue weighted by Crippen LogP contribution is -2.15. The Morgan fingerprint density at radius 2 is 2.27 bits per heavy atom. The standard InChI is InChI=1S/C12H15BrFN/c1-8(6-9-2-3-9)15-10-4-5-11(13)12(14)7-10/h4-5,7-9,15H,2-3,6H2,1H3. The maximum Gasteiger partial charge on any atom is 0.139 e. The van der Waals surface area contributed by atoms with Gasteiger partial charge in [-0.05, 0) is 53.4 Å². The molecule has 1 aromatic carbocycles. The van der Waals surface area contributed by atoms with Crippen molar-refractivity contribution in [3.63, 3.8) is 0 Å². The number of rotatable bonds is 4. The van der Waals surface area contributed by atoms with Crippen molar-refractivity contribution in [1.82, 2.24) is 0 Å². The maximum atomic E-state index is 13.2. The highest BCUT2D eigenvalue weighted by Gasteiger charge is 2.23. The molecule has 0 aliphatic heterocycles. The molecule has 0 heterocycles. The smallest absolute Gasteiger partial charge is 0.139 e. The molecule has 0 bridgehead atoms.